The number of aliphatic hydroxyl groups is 3. The maximum absolute atomic E-state index is 12.3. The predicted molar refractivity (Wildman–Crippen MR) is 339 cm³/mol. The lowest BCUT2D eigenvalue weighted by Crippen LogP contribution is -2.65. The van der Waals surface area contributed by atoms with E-state index in [0.717, 1.165) is 113 Å². The van der Waals surface area contributed by atoms with Crippen molar-refractivity contribution in [2.75, 3.05) is 13.2 Å². The SMILES string of the molecule is CCOC(=O)C#C[C@]1(O)[C@H]2C[C@H]2C2C3C(CC[C@@]21C)[C@@]1(C)CCC(=O)C[C@@]1(O)[C@@H]1C[C@H]31.CCOC(=O)CC[C@]1(O)[C@H]2C[C@H]2C2C3C(CC[C@@]21C)[C@@]1(C)CCC(=O)C=C1[C@@H]1C[C@H]31.C[C@]12CCC(=O)C=C1[C@@H]1C[C@@H]1C1C2CC[C@@]2(C)C1[C@@H]1C[C@@H]1[C@@]21CCC(=O)O1.I. The van der Waals surface area contributed by atoms with Crippen LogP contribution >= 0.6 is 24.0 Å². The number of allylic oxidation sites excluding steroid dienone is 2. The summed E-state index contributed by atoms with van der Waals surface area (Å²) in [4.78, 5) is 72.8. The Kier molecular flexibility index (Phi) is 13.3. The molecule has 1 saturated heterocycles. The Morgan fingerprint density at radius 1 is 0.551 bits per heavy atom. The number of rotatable bonds is 5. The highest BCUT2D eigenvalue weighted by Crippen LogP contribution is 2.85. The molecular weight excluding hydrogens is 1230 g/mol. The summed E-state index contributed by atoms with van der Waals surface area (Å²) in [6.07, 6.45) is 25.3. The first-order valence-corrected chi connectivity index (χ1v) is 36.0. The van der Waals surface area contributed by atoms with Crippen molar-refractivity contribution < 1.29 is 58.3 Å². The fraction of sp³-hybridized carbons (Fsp3) is 0.842. The number of carbonyl (C=O) groups excluding carboxylic acids is 6. The van der Waals surface area contributed by atoms with Crippen LogP contribution in [0.15, 0.2) is 23.3 Å². The summed E-state index contributed by atoms with van der Waals surface area (Å²) < 4.78 is 16.4. The molecule has 19 rings (SSSR count). The average molecular weight is 1330 g/mol. The van der Waals surface area contributed by atoms with Crippen LogP contribution < -0.4 is 0 Å². The van der Waals surface area contributed by atoms with Crippen molar-refractivity contribution in [1.82, 2.24) is 0 Å². The molecule has 1 spiro atoms. The molecule has 13 heteroatoms. The smallest absolute Gasteiger partial charge is 0.384 e. The molecule has 1 heterocycles. The second-order valence-electron chi connectivity index (χ2n) is 35.4. The number of carbonyl (C=O) groups is 6. The number of Topliss-reactive ketones (excluding diaryl/α,β-unsaturated/α-hetero) is 1. The van der Waals surface area contributed by atoms with Crippen molar-refractivity contribution in [2.45, 2.75) is 225 Å². The summed E-state index contributed by atoms with van der Waals surface area (Å²) in [5.41, 5.74) is 0.197. The molecule has 12 nitrogen and oxygen atoms in total. The second-order valence-corrected chi connectivity index (χ2v) is 35.4. The number of hydrogen-bond acceptors (Lipinski definition) is 12. The van der Waals surface area contributed by atoms with E-state index in [-0.39, 0.29) is 98.2 Å². The van der Waals surface area contributed by atoms with Crippen molar-refractivity contribution in [1.29, 1.82) is 0 Å². The normalized spacial score (nSPS) is 57.4. The summed E-state index contributed by atoms with van der Waals surface area (Å²) in [7, 11) is 0. The molecule has 3 N–H and O–H groups in total. The monoisotopic (exact) mass is 1330 g/mol. The molecule has 31 atom stereocenters. The first kappa shape index (κ1) is 61.0. The topological polar surface area (TPSA) is 191 Å². The Balaban J connectivity index is 0.000000107. The highest BCUT2D eigenvalue weighted by atomic mass is 127. The maximum atomic E-state index is 12.3. The lowest BCUT2D eigenvalue weighted by atomic mass is 9.42. The minimum absolute atomic E-state index is 0. The van der Waals surface area contributed by atoms with Crippen molar-refractivity contribution >= 4 is 59.2 Å². The van der Waals surface area contributed by atoms with Gasteiger partial charge in [0.15, 0.2) is 11.6 Å². The largest absolute Gasteiger partial charge is 0.466 e. The lowest BCUT2D eigenvalue weighted by Gasteiger charge is -2.63. The van der Waals surface area contributed by atoms with E-state index < -0.39 is 22.8 Å². The third kappa shape index (κ3) is 7.76. The third-order valence-corrected chi connectivity index (χ3v) is 32.9. The van der Waals surface area contributed by atoms with Crippen molar-refractivity contribution in [2.24, 2.45) is 157 Å². The summed E-state index contributed by atoms with van der Waals surface area (Å²) in [6.45, 7) is 18.5. The Morgan fingerprint density at radius 2 is 1.08 bits per heavy atom. The molecule has 16 saturated carbocycles. The number of halogens is 1. The summed E-state index contributed by atoms with van der Waals surface area (Å²) in [5.74, 6) is 17.9. The first-order valence-electron chi connectivity index (χ1n) is 36.0. The van der Waals surface area contributed by atoms with Gasteiger partial charge in [0.1, 0.15) is 17.0 Å². The van der Waals surface area contributed by atoms with Gasteiger partial charge in [0, 0.05) is 72.5 Å². The van der Waals surface area contributed by atoms with E-state index in [1.165, 1.54) is 43.3 Å². The predicted octanol–water partition coefficient (Wildman–Crippen LogP) is 12.0. The van der Waals surface area contributed by atoms with E-state index in [1.807, 2.05) is 13.0 Å². The Bertz CT molecular complexity index is 3280. The van der Waals surface area contributed by atoms with Crippen LogP contribution in [0.4, 0.5) is 0 Å². The molecule has 0 radical (unpaired) electrons. The summed E-state index contributed by atoms with van der Waals surface area (Å²) >= 11 is 0. The van der Waals surface area contributed by atoms with Crippen LogP contribution in [0.1, 0.15) is 203 Å². The molecule has 18 aliphatic carbocycles. The number of esters is 3. The molecule has 0 aromatic carbocycles. The van der Waals surface area contributed by atoms with Gasteiger partial charge in [-0.3, -0.25) is 24.0 Å². The molecule has 0 amide bonds. The molecular formula is C76H101IO12. The number of hydrogen-bond donors (Lipinski definition) is 3. The number of ketones is 3. The fourth-order valence-corrected chi connectivity index (χ4v) is 28.8. The van der Waals surface area contributed by atoms with Gasteiger partial charge in [-0.1, -0.05) is 58.6 Å². The van der Waals surface area contributed by atoms with Crippen LogP contribution in [-0.4, -0.2) is 86.2 Å². The highest BCUT2D eigenvalue weighted by Gasteiger charge is 2.84. The Morgan fingerprint density at radius 3 is 1.70 bits per heavy atom. The van der Waals surface area contributed by atoms with E-state index in [2.05, 4.69) is 59.5 Å². The van der Waals surface area contributed by atoms with Crippen LogP contribution in [0, 0.1) is 169 Å². The van der Waals surface area contributed by atoms with E-state index in [1.54, 1.807) is 6.92 Å². The Hall–Kier alpha value is -2.93. The van der Waals surface area contributed by atoms with Crippen molar-refractivity contribution in [3.05, 3.63) is 23.3 Å². The highest BCUT2D eigenvalue weighted by molar-refractivity contribution is 14.0. The van der Waals surface area contributed by atoms with Crippen LogP contribution in [0.5, 0.6) is 0 Å². The molecule has 17 fully saturated rings. The molecule has 19 aliphatic rings. The van der Waals surface area contributed by atoms with Gasteiger partial charge in [-0.25, -0.2) is 4.79 Å². The van der Waals surface area contributed by atoms with Gasteiger partial charge in [-0.15, -0.1) is 24.0 Å². The van der Waals surface area contributed by atoms with Gasteiger partial charge in [0.2, 0.25) is 0 Å². The second kappa shape index (κ2) is 19.4. The van der Waals surface area contributed by atoms with E-state index in [4.69, 9.17) is 14.2 Å². The van der Waals surface area contributed by atoms with E-state index >= 15 is 0 Å². The van der Waals surface area contributed by atoms with Gasteiger partial charge in [-0.2, -0.15) is 0 Å². The van der Waals surface area contributed by atoms with Crippen LogP contribution in [-0.2, 0) is 43.0 Å². The van der Waals surface area contributed by atoms with E-state index in [0.29, 0.717) is 134 Å². The van der Waals surface area contributed by atoms with Gasteiger partial charge >= 0.3 is 17.9 Å². The van der Waals surface area contributed by atoms with E-state index in [9.17, 15) is 44.1 Å². The lowest BCUT2D eigenvalue weighted by molar-refractivity contribution is -0.218. The van der Waals surface area contributed by atoms with Gasteiger partial charge in [0.25, 0.3) is 0 Å². The third-order valence-electron chi connectivity index (χ3n) is 32.9. The fourth-order valence-electron chi connectivity index (χ4n) is 28.8. The molecule has 0 aromatic rings. The van der Waals surface area contributed by atoms with Crippen molar-refractivity contribution in [3.63, 3.8) is 0 Å². The minimum atomic E-state index is -1.14. The zero-order chi connectivity index (χ0) is 61.4. The Labute approximate surface area is 544 Å². The standard InChI is InChI=1S/C26H34O5.C26H36O4.C24H30O3.HI/c1-4-31-20(28)7-10-25(29)19-12-16(19)22-21-15-11-18(15)26(30)13-14(27)5-8-23(26,2)17(21)6-9-24(22,25)3;1-4-30-21(28)7-10-26(29)20-13-17(20)23-22-16-12-15(16)19-11-14(27)5-8-24(19,2)18(22)6-9-25(23,26)3;1-22-6-3-12(25)9-17(22)13-10-14(13)20-16(22)4-7-23(2)21(20)15-11-18(15)24(23)8-5-19(26)27-24;/h15-19,21-22,29-30H,4-6,8-9,11-13H2,1-3H3;11,15-18,20,22-23,29H,4-10,12-13H2,1-3H3;9,13-16,18,20-21H,3-8,10-11H2,1-2H3;1H/t15-,16+,17?,18+,19-,21?,22?,23+,24-,25-,26+;15-,16+,17-,18?,20+,22?,23?,24-,25+,26+;13-,14+,15-,16?,18+,20?,21?,22-,23+,24+;/m011./s1. The number of ether oxygens (including phenoxy) is 3. The average Bonchev–Trinajstić information content (AvgIpc) is 1.50. The first-order chi connectivity index (χ1) is 41.7. The number of fused-ring (bicyclic) bond motifs is 32. The van der Waals surface area contributed by atoms with Gasteiger partial charge in [-0.05, 0) is 264 Å². The summed E-state index contributed by atoms with van der Waals surface area (Å²) in [6, 6.07) is 0. The summed E-state index contributed by atoms with van der Waals surface area (Å²) in [5, 5.41) is 35.7. The molecule has 1 aliphatic heterocycles. The maximum Gasteiger partial charge on any atom is 0.384 e. The molecule has 89 heavy (non-hydrogen) atoms. The van der Waals surface area contributed by atoms with Crippen LogP contribution in [0.2, 0.25) is 0 Å². The zero-order valence-corrected chi connectivity index (χ0v) is 56.7. The molecule has 0 bridgehead atoms. The quantitative estimate of drug-likeness (QED) is 0.0777. The van der Waals surface area contributed by atoms with Crippen molar-refractivity contribution in [3.8, 4) is 11.8 Å². The van der Waals surface area contributed by atoms with Gasteiger partial charge in [0.05, 0.1) is 24.4 Å². The van der Waals surface area contributed by atoms with Crippen LogP contribution in [0.3, 0.4) is 0 Å². The molecule has 484 valence electrons. The molecule has 9 unspecified atom stereocenters. The van der Waals surface area contributed by atoms with Crippen LogP contribution in [0.25, 0.3) is 0 Å². The molecule has 0 aromatic heterocycles. The minimum Gasteiger partial charge on any atom is -0.466 e. The zero-order valence-electron chi connectivity index (χ0n) is 54.4. The van der Waals surface area contributed by atoms with Gasteiger partial charge < -0.3 is 29.5 Å².